The van der Waals surface area contributed by atoms with Gasteiger partial charge in [-0.15, -0.1) is 0 Å². The van der Waals surface area contributed by atoms with Crippen molar-refractivity contribution in [1.29, 1.82) is 0 Å². The van der Waals surface area contributed by atoms with E-state index < -0.39 is 23.8 Å². The molecule has 2 heterocycles. The standard InChI is InChI=1S/C26H31FN4O6/c1-5-37-25(33)21-22(16-14-19(34-2)23(36-4)20(15-16)35-3)28-26(29-24(21)32)31-12-10-30(11-13-31)18-8-6-17(27)7-9-18/h6-9,14-15,21-22H,5,10-13H2,1-4H3,(H,28,29,32)/t21-,22+/m0/s1. The van der Waals surface area contributed by atoms with Crippen molar-refractivity contribution in [2.24, 2.45) is 10.9 Å². The highest BCUT2D eigenvalue weighted by atomic mass is 19.1. The molecule has 1 saturated heterocycles. The van der Waals surface area contributed by atoms with Gasteiger partial charge in [0.15, 0.2) is 17.4 Å². The third-order valence-electron chi connectivity index (χ3n) is 6.43. The molecule has 0 radical (unpaired) electrons. The molecule has 2 atom stereocenters. The van der Waals surface area contributed by atoms with E-state index in [1.54, 1.807) is 31.2 Å². The van der Waals surface area contributed by atoms with Crippen molar-refractivity contribution in [1.82, 2.24) is 10.2 Å². The maximum Gasteiger partial charge on any atom is 0.321 e. The summed E-state index contributed by atoms with van der Waals surface area (Å²) in [7, 11) is 4.48. The van der Waals surface area contributed by atoms with Crippen molar-refractivity contribution in [3.8, 4) is 17.2 Å². The minimum absolute atomic E-state index is 0.131. The zero-order chi connectivity index (χ0) is 26.5. The van der Waals surface area contributed by atoms with Crippen molar-refractivity contribution in [3.63, 3.8) is 0 Å². The molecule has 0 saturated carbocycles. The number of hydrogen-bond acceptors (Lipinski definition) is 9. The van der Waals surface area contributed by atoms with E-state index in [2.05, 4.69) is 10.2 Å². The summed E-state index contributed by atoms with van der Waals surface area (Å²) in [6.45, 7) is 4.26. The number of nitrogens with one attached hydrogen (secondary N) is 1. The van der Waals surface area contributed by atoms with E-state index in [-0.39, 0.29) is 12.4 Å². The lowest BCUT2D eigenvalue weighted by Gasteiger charge is -2.39. The van der Waals surface area contributed by atoms with Crippen LogP contribution in [0.1, 0.15) is 18.5 Å². The van der Waals surface area contributed by atoms with Gasteiger partial charge in [-0.05, 0) is 48.9 Å². The molecule has 37 heavy (non-hydrogen) atoms. The van der Waals surface area contributed by atoms with Crippen LogP contribution in [0, 0.1) is 11.7 Å². The first kappa shape index (κ1) is 26.1. The summed E-state index contributed by atoms with van der Waals surface area (Å²) in [5.74, 6) is -1.09. The summed E-state index contributed by atoms with van der Waals surface area (Å²) in [4.78, 5) is 35.0. The molecule has 0 spiro atoms. The highest BCUT2D eigenvalue weighted by molar-refractivity contribution is 6.08. The minimum atomic E-state index is -1.19. The van der Waals surface area contributed by atoms with Gasteiger partial charge in [-0.2, -0.15) is 0 Å². The molecule has 10 nitrogen and oxygen atoms in total. The lowest BCUT2D eigenvalue weighted by atomic mass is 9.90. The Bertz CT molecular complexity index is 1140. The zero-order valence-corrected chi connectivity index (χ0v) is 21.3. The van der Waals surface area contributed by atoms with Crippen LogP contribution in [0.5, 0.6) is 17.2 Å². The second kappa shape index (κ2) is 11.4. The molecule has 2 aromatic carbocycles. The van der Waals surface area contributed by atoms with E-state index in [1.165, 1.54) is 33.5 Å². The Hall–Kier alpha value is -4.02. The molecule has 198 valence electrons. The number of nitrogens with zero attached hydrogens (tertiary/aromatic N) is 3. The number of carbonyl (C=O) groups excluding carboxylic acids is 2. The monoisotopic (exact) mass is 514 g/mol. The number of methoxy groups -OCH3 is 3. The maximum atomic E-state index is 13.3. The normalized spacial score (nSPS) is 19.6. The van der Waals surface area contributed by atoms with E-state index in [1.807, 2.05) is 4.90 Å². The van der Waals surface area contributed by atoms with Crippen LogP contribution in [-0.4, -0.2) is 76.9 Å². The number of guanidine groups is 1. The summed E-state index contributed by atoms with van der Waals surface area (Å²) < 4.78 is 34.9. The number of halogens is 1. The second-order valence-corrected chi connectivity index (χ2v) is 8.53. The Morgan fingerprint density at radius 1 is 1.00 bits per heavy atom. The highest BCUT2D eigenvalue weighted by Gasteiger charge is 2.43. The SMILES string of the molecule is CCOC(=O)[C@@H]1C(=O)NC(N2CCN(c3ccc(F)cc3)CC2)=N[C@@H]1c1cc(OC)c(OC)c(OC)c1. The van der Waals surface area contributed by atoms with Crippen LogP contribution in [0.2, 0.25) is 0 Å². The fourth-order valence-electron chi connectivity index (χ4n) is 4.57. The fourth-order valence-corrected chi connectivity index (χ4v) is 4.57. The van der Waals surface area contributed by atoms with E-state index in [0.717, 1.165) is 5.69 Å². The van der Waals surface area contributed by atoms with Crippen molar-refractivity contribution in [2.45, 2.75) is 13.0 Å². The summed E-state index contributed by atoms with van der Waals surface area (Å²) in [5, 5.41) is 2.80. The molecule has 1 amide bonds. The molecule has 4 rings (SSSR count). The zero-order valence-electron chi connectivity index (χ0n) is 21.3. The van der Waals surface area contributed by atoms with Gasteiger partial charge >= 0.3 is 5.97 Å². The van der Waals surface area contributed by atoms with Gasteiger partial charge < -0.3 is 28.7 Å². The van der Waals surface area contributed by atoms with Crippen LogP contribution in [0.15, 0.2) is 41.4 Å². The number of hydrogen-bond donors (Lipinski definition) is 1. The molecule has 2 aliphatic heterocycles. The van der Waals surface area contributed by atoms with Crippen LogP contribution in [-0.2, 0) is 14.3 Å². The summed E-state index contributed by atoms with van der Waals surface area (Å²) in [6, 6.07) is 8.86. The third-order valence-corrected chi connectivity index (χ3v) is 6.43. The lowest BCUT2D eigenvalue weighted by Crippen LogP contribution is -2.57. The number of amides is 1. The number of aliphatic imine (C=N–C) groups is 1. The van der Waals surface area contributed by atoms with Crippen LogP contribution in [0.25, 0.3) is 0 Å². The van der Waals surface area contributed by atoms with E-state index in [4.69, 9.17) is 23.9 Å². The molecule has 1 N–H and O–H groups in total. The average Bonchev–Trinajstić information content (AvgIpc) is 2.92. The van der Waals surface area contributed by atoms with E-state index in [9.17, 15) is 14.0 Å². The summed E-state index contributed by atoms with van der Waals surface area (Å²) in [5.41, 5.74) is 1.47. The predicted octanol–water partition coefficient (Wildman–Crippen LogP) is 2.38. The largest absolute Gasteiger partial charge is 0.493 e. The van der Waals surface area contributed by atoms with Gasteiger partial charge in [0.1, 0.15) is 11.9 Å². The fraction of sp³-hybridized carbons (Fsp3) is 0.423. The Kier molecular flexibility index (Phi) is 8.00. The van der Waals surface area contributed by atoms with Crippen molar-refractivity contribution in [3.05, 3.63) is 47.8 Å². The van der Waals surface area contributed by atoms with Crippen molar-refractivity contribution in [2.75, 3.05) is 59.0 Å². The van der Waals surface area contributed by atoms with Gasteiger partial charge in [-0.25, -0.2) is 9.38 Å². The van der Waals surface area contributed by atoms with E-state index >= 15 is 0 Å². The number of benzene rings is 2. The summed E-state index contributed by atoms with van der Waals surface area (Å²) >= 11 is 0. The number of ether oxygens (including phenoxy) is 4. The van der Waals surface area contributed by atoms with Gasteiger partial charge in [0.05, 0.1) is 27.9 Å². The number of piperazine rings is 1. The number of carbonyl (C=O) groups is 2. The molecular formula is C26H31FN4O6. The first-order valence-electron chi connectivity index (χ1n) is 12.0. The molecule has 11 heteroatoms. The molecule has 0 unspecified atom stereocenters. The number of esters is 1. The molecule has 0 aromatic heterocycles. The van der Waals surface area contributed by atoms with Gasteiger partial charge in [0.2, 0.25) is 17.6 Å². The minimum Gasteiger partial charge on any atom is -0.493 e. The smallest absolute Gasteiger partial charge is 0.321 e. The molecule has 2 aliphatic rings. The first-order valence-corrected chi connectivity index (χ1v) is 12.0. The van der Waals surface area contributed by atoms with Gasteiger partial charge in [0.25, 0.3) is 0 Å². The Labute approximate surface area is 214 Å². The van der Waals surface area contributed by atoms with Crippen LogP contribution < -0.4 is 24.4 Å². The van der Waals surface area contributed by atoms with Gasteiger partial charge in [-0.1, -0.05) is 0 Å². The third kappa shape index (κ3) is 5.40. The van der Waals surface area contributed by atoms with E-state index in [0.29, 0.717) is 55.0 Å². The van der Waals surface area contributed by atoms with Gasteiger partial charge in [-0.3, -0.25) is 14.9 Å². The molecule has 0 aliphatic carbocycles. The lowest BCUT2D eigenvalue weighted by molar-refractivity contribution is -0.153. The first-order chi connectivity index (χ1) is 17.9. The molecular weight excluding hydrogens is 483 g/mol. The summed E-state index contributed by atoms with van der Waals surface area (Å²) in [6.07, 6.45) is 0. The number of anilines is 1. The van der Waals surface area contributed by atoms with Crippen molar-refractivity contribution < 1.29 is 32.9 Å². The molecule has 2 aromatic rings. The van der Waals surface area contributed by atoms with Gasteiger partial charge in [0, 0.05) is 31.9 Å². The van der Waals surface area contributed by atoms with Crippen molar-refractivity contribution >= 4 is 23.5 Å². The van der Waals surface area contributed by atoms with Crippen LogP contribution in [0.4, 0.5) is 10.1 Å². The highest BCUT2D eigenvalue weighted by Crippen LogP contribution is 2.42. The van der Waals surface area contributed by atoms with Crippen LogP contribution in [0.3, 0.4) is 0 Å². The Balaban J connectivity index is 1.65. The maximum absolute atomic E-state index is 13.3. The number of rotatable bonds is 7. The predicted molar refractivity (Wildman–Crippen MR) is 135 cm³/mol. The average molecular weight is 515 g/mol. The Morgan fingerprint density at radius 3 is 2.14 bits per heavy atom. The van der Waals surface area contributed by atoms with Crippen LogP contribution >= 0.6 is 0 Å². The molecule has 1 fully saturated rings. The second-order valence-electron chi connectivity index (χ2n) is 8.53. The Morgan fingerprint density at radius 2 is 1.59 bits per heavy atom. The quantitative estimate of drug-likeness (QED) is 0.444. The topological polar surface area (TPSA) is 102 Å². The molecule has 0 bridgehead atoms.